The molecule has 3 heteroatoms. The van der Waals surface area contributed by atoms with Crippen LogP contribution in [0.3, 0.4) is 0 Å². The molecule has 0 atom stereocenters. The van der Waals surface area contributed by atoms with Gasteiger partial charge in [-0.15, -0.1) is 0 Å². The van der Waals surface area contributed by atoms with E-state index in [4.69, 9.17) is 5.73 Å². The Morgan fingerprint density at radius 3 is 2.53 bits per heavy atom. The average molecular weight is 319 g/mol. The van der Waals surface area contributed by atoms with Crippen molar-refractivity contribution in [2.24, 2.45) is 5.73 Å². The van der Waals surface area contributed by atoms with Crippen molar-refractivity contribution in [1.82, 2.24) is 0 Å². The molecular weight excluding hydrogens is 300 g/mol. The number of rotatable bonds is 4. The summed E-state index contributed by atoms with van der Waals surface area (Å²) in [6, 6.07) is 14.7. The highest BCUT2D eigenvalue weighted by Crippen LogP contribution is 2.24. The van der Waals surface area contributed by atoms with E-state index < -0.39 is 0 Å². The van der Waals surface area contributed by atoms with E-state index in [1.165, 1.54) is 22.4 Å². The van der Waals surface area contributed by atoms with Crippen LogP contribution in [0, 0.1) is 6.92 Å². The molecule has 2 aromatic rings. The van der Waals surface area contributed by atoms with E-state index in [2.05, 4.69) is 71.2 Å². The molecule has 19 heavy (non-hydrogen) atoms. The summed E-state index contributed by atoms with van der Waals surface area (Å²) in [4.78, 5) is 2.24. The first kappa shape index (κ1) is 14.1. The highest BCUT2D eigenvalue weighted by atomic mass is 79.9. The topological polar surface area (TPSA) is 29.3 Å². The second-order valence-electron chi connectivity index (χ2n) is 4.78. The summed E-state index contributed by atoms with van der Waals surface area (Å²) in [6.07, 6.45) is 0. The van der Waals surface area contributed by atoms with Gasteiger partial charge in [-0.3, -0.25) is 0 Å². The zero-order valence-corrected chi connectivity index (χ0v) is 12.9. The van der Waals surface area contributed by atoms with Crippen molar-refractivity contribution in [2.45, 2.75) is 20.0 Å². The largest absolute Gasteiger partial charge is 0.370 e. The van der Waals surface area contributed by atoms with E-state index in [1.807, 2.05) is 6.07 Å². The molecule has 0 spiro atoms. The molecule has 0 saturated heterocycles. The molecule has 0 saturated carbocycles. The third kappa shape index (κ3) is 3.37. The summed E-state index contributed by atoms with van der Waals surface area (Å²) >= 11 is 3.59. The standard InChI is InChI=1S/C16H19BrN2/c1-12-7-8-16(14(9-12)10-18)19(2)11-13-5-3-4-6-15(13)17/h3-9H,10-11,18H2,1-2H3. The van der Waals surface area contributed by atoms with Gasteiger partial charge in [0, 0.05) is 30.3 Å². The summed E-state index contributed by atoms with van der Waals surface area (Å²) in [6.45, 7) is 3.52. The summed E-state index contributed by atoms with van der Waals surface area (Å²) in [5, 5.41) is 0. The predicted octanol–water partition coefficient (Wildman–Crippen LogP) is 3.85. The third-order valence-corrected chi connectivity index (χ3v) is 4.01. The first-order valence-electron chi connectivity index (χ1n) is 6.36. The first-order chi connectivity index (χ1) is 9.11. The molecule has 0 aliphatic rings. The Morgan fingerprint density at radius 2 is 1.84 bits per heavy atom. The van der Waals surface area contributed by atoms with Gasteiger partial charge in [0.2, 0.25) is 0 Å². The zero-order chi connectivity index (χ0) is 13.8. The molecule has 2 rings (SSSR count). The SMILES string of the molecule is Cc1ccc(N(C)Cc2ccccc2Br)c(CN)c1. The van der Waals surface area contributed by atoms with Crippen LogP contribution in [-0.2, 0) is 13.1 Å². The fourth-order valence-corrected chi connectivity index (χ4v) is 2.63. The van der Waals surface area contributed by atoms with Gasteiger partial charge in [-0.2, -0.15) is 0 Å². The third-order valence-electron chi connectivity index (χ3n) is 3.23. The Kier molecular flexibility index (Phi) is 4.61. The number of hydrogen-bond acceptors (Lipinski definition) is 2. The van der Waals surface area contributed by atoms with E-state index >= 15 is 0 Å². The minimum Gasteiger partial charge on any atom is -0.370 e. The van der Waals surface area contributed by atoms with Crippen LogP contribution in [0.4, 0.5) is 5.69 Å². The molecule has 2 nitrogen and oxygen atoms in total. The Morgan fingerprint density at radius 1 is 1.11 bits per heavy atom. The minimum atomic E-state index is 0.567. The molecule has 0 heterocycles. The number of anilines is 1. The maximum Gasteiger partial charge on any atom is 0.0437 e. The highest BCUT2D eigenvalue weighted by molar-refractivity contribution is 9.10. The van der Waals surface area contributed by atoms with Crippen LogP contribution in [0.5, 0.6) is 0 Å². The molecular formula is C16H19BrN2. The number of benzene rings is 2. The van der Waals surface area contributed by atoms with Gasteiger partial charge < -0.3 is 10.6 Å². The number of hydrogen-bond donors (Lipinski definition) is 1. The Hall–Kier alpha value is -1.32. The van der Waals surface area contributed by atoms with Gasteiger partial charge in [-0.05, 0) is 30.2 Å². The van der Waals surface area contributed by atoms with E-state index in [-0.39, 0.29) is 0 Å². The van der Waals surface area contributed by atoms with Crippen LogP contribution in [0.2, 0.25) is 0 Å². The van der Waals surface area contributed by atoms with Gasteiger partial charge in [0.1, 0.15) is 0 Å². The molecule has 2 aromatic carbocycles. The second-order valence-corrected chi connectivity index (χ2v) is 5.64. The van der Waals surface area contributed by atoms with E-state index in [9.17, 15) is 0 Å². The summed E-state index contributed by atoms with van der Waals surface area (Å²) in [5.74, 6) is 0. The van der Waals surface area contributed by atoms with Crippen LogP contribution < -0.4 is 10.6 Å². The molecule has 2 N–H and O–H groups in total. The van der Waals surface area contributed by atoms with Crippen LogP contribution in [0.1, 0.15) is 16.7 Å². The van der Waals surface area contributed by atoms with Crippen molar-refractivity contribution in [3.63, 3.8) is 0 Å². The fourth-order valence-electron chi connectivity index (χ4n) is 2.22. The monoisotopic (exact) mass is 318 g/mol. The van der Waals surface area contributed by atoms with Crippen molar-refractivity contribution in [1.29, 1.82) is 0 Å². The van der Waals surface area contributed by atoms with Crippen molar-refractivity contribution in [3.05, 3.63) is 63.6 Å². The maximum atomic E-state index is 5.84. The van der Waals surface area contributed by atoms with Crippen molar-refractivity contribution < 1.29 is 0 Å². The molecule has 100 valence electrons. The lowest BCUT2D eigenvalue weighted by Crippen LogP contribution is -2.19. The van der Waals surface area contributed by atoms with Crippen LogP contribution >= 0.6 is 15.9 Å². The molecule has 0 radical (unpaired) electrons. The molecule has 0 bridgehead atoms. The molecule has 0 aromatic heterocycles. The van der Waals surface area contributed by atoms with Crippen LogP contribution in [-0.4, -0.2) is 7.05 Å². The van der Waals surface area contributed by atoms with E-state index in [0.717, 1.165) is 11.0 Å². The van der Waals surface area contributed by atoms with Crippen LogP contribution in [0.25, 0.3) is 0 Å². The smallest absolute Gasteiger partial charge is 0.0437 e. The lowest BCUT2D eigenvalue weighted by Gasteiger charge is -2.23. The molecule has 0 unspecified atom stereocenters. The predicted molar refractivity (Wildman–Crippen MR) is 85.3 cm³/mol. The van der Waals surface area contributed by atoms with Gasteiger partial charge in [0.15, 0.2) is 0 Å². The van der Waals surface area contributed by atoms with Crippen molar-refractivity contribution in [3.8, 4) is 0 Å². The number of nitrogens with two attached hydrogens (primary N) is 1. The molecule has 0 amide bonds. The number of halogens is 1. The Balaban J connectivity index is 2.25. The first-order valence-corrected chi connectivity index (χ1v) is 7.15. The van der Waals surface area contributed by atoms with Gasteiger partial charge in [-0.25, -0.2) is 0 Å². The lowest BCUT2D eigenvalue weighted by atomic mass is 10.1. The zero-order valence-electron chi connectivity index (χ0n) is 11.4. The summed E-state index contributed by atoms with van der Waals surface area (Å²) in [5.41, 5.74) is 10.8. The van der Waals surface area contributed by atoms with Gasteiger partial charge in [-0.1, -0.05) is 51.8 Å². The van der Waals surface area contributed by atoms with Crippen LogP contribution in [0.15, 0.2) is 46.9 Å². The molecule has 0 aliphatic carbocycles. The van der Waals surface area contributed by atoms with E-state index in [0.29, 0.717) is 6.54 Å². The number of nitrogens with zero attached hydrogens (tertiary/aromatic N) is 1. The average Bonchev–Trinajstić information content (AvgIpc) is 2.41. The van der Waals surface area contributed by atoms with Gasteiger partial charge >= 0.3 is 0 Å². The maximum absolute atomic E-state index is 5.84. The minimum absolute atomic E-state index is 0.567. The quantitative estimate of drug-likeness (QED) is 0.927. The lowest BCUT2D eigenvalue weighted by molar-refractivity contribution is 0.899. The fraction of sp³-hybridized carbons (Fsp3) is 0.250. The Labute approximate surface area is 123 Å². The second kappa shape index (κ2) is 6.22. The van der Waals surface area contributed by atoms with Gasteiger partial charge in [0.25, 0.3) is 0 Å². The Bertz CT molecular complexity index is 566. The molecule has 0 fully saturated rings. The summed E-state index contributed by atoms with van der Waals surface area (Å²) < 4.78 is 1.14. The summed E-state index contributed by atoms with van der Waals surface area (Å²) in [7, 11) is 2.10. The van der Waals surface area contributed by atoms with E-state index in [1.54, 1.807) is 0 Å². The number of aryl methyl sites for hydroxylation is 1. The molecule has 0 aliphatic heterocycles. The van der Waals surface area contributed by atoms with Crippen molar-refractivity contribution >= 4 is 21.6 Å². The van der Waals surface area contributed by atoms with Gasteiger partial charge in [0.05, 0.1) is 0 Å². The highest BCUT2D eigenvalue weighted by Gasteiger charge is 2.08. The normalized spacial score (nSPS) is 10.5. The van der Waals surface area contributed by atoms with Crippen molar-refractivity contribution in [2.75, 3.05) is 11.9 Å².